The van der Waals surface area contributed by atoms with E-state index in [2.05, 4.69) is 0 Å². The number of ether oxygens (including phenoxy) is 4. The second kappa shape index (κ2) is 4.12. The Balaban J connectivity index is 2.04. The highest BCUT2D eigenvalue weighted by molar-refractivity contribution is 4.85. The summed E-state index contributed by atoms with van der Waals surface area (Å²) in [7, 11) is 0. The van der Waals surface area contributed by atoms with E-state index in [1.165, 1.54) is 0 Å². The fraction of sp³-hybridized carbons (Fsp3) is 1.00. The Labute approximate surface area is 82.9 Å². The van der Waals surface area contributed by atoms with Crippen LogP contribution >= 0.6 is 0 Å². The van der Waals surface area contributed by atoms with Crippen molar-refractivity contribution in [3.8, 4) is 0 Å². The van der Waals surface area contributed by atoms with E-state index in [-0.39, 0.29) is 37.5 Å². The first-order valence-corrected chi connectivity index (χ1v) is 4.89. The van der Waals surface area contributed by atoms with Crippen molar-refractivity contribution in [2.24, 2.45) is 0 Å². The van der Waals surface area contributed by atoms with E-state index < -0.39 is 0 Å². The average Bonchev–Trinajstić information content (AvgIpc) is 2.17. The topological polar surface area (TPSA) is 57.2 Å². The summed E-state index contributed by atoms with van der Waals surface area (Å²) in [5.41, 5.74) is 0. The van der Waals surface area contributed by atoms with Crippen LogP contribution in [0.3, 0.4) is 0 Å². The van der Waals surface area contributed by atoms with Crippen LogP contribution in [0.4, 0.5) is 0 Å². The minimum Gasteiger partial charge on any atom is -0.394 e. The fourth-order valence-corrected chi connectivity index (χ4v) is 1.87. The fourth-order valence-electron chi connectivity index (χ4n) is 1.87. The summed E-state index contributed by atoms with van der Waals surface area (Å²) in [6.45, 7) is 4.07. The molecule has 82 valence electrons. The number of fused-ring (bicyclic) bond motifs is 1. The van der Waals surface area contributed by atoms with Crippen LogP contribution in [0, 0.1) is 0 Å². The van der Waals surface area contributed by atoms with Crippen LogP contribution in [0.5, 0.6) is 0 Å². The van der Waals surface area contributed by atoms with Gasteiger partial charge in [0.25, 0.3) is 0 Å². The van der Waals surface area contributed by atoms with Crippen molar-refractivity contribution >= 4 is 0 Å². The lowest BCUT2D eigenvalue weighted by Crippen LogP contribution is -2.57. The number of rotatable bonds is 1. The summed E-state index contributed by atoms with van der Waals surface area (Å²) in [4.78, 5) is 0. The van der Waals surface area contributed by atoms with E-state index in [4.69, 9.17) is 24.1 Å². The Bertz CT molecular complexity index is 190. The predicted octanol–water partition coefficient (Wildman–Crippen LogP) is -0.130. The maximum atomic E-state index is 9.13. The van der Waals surface area contributed by atoms with Crippen LogP contribution in [0.2, 0.25) is 0 Å². The predicted molar refractivity (Wildman–Crippen MR) is 46.6 cm³/mol. The zero-order valence-corrected chi connectivity index (χ0v) is 8.38. The van der Waals surface area contributed by atoms with Crippen molar-refractivity contribution in [3.63, 3.8) is 0 Å². The number of hydrogen-bond donors (Lipinski definition) is 1. The van der Waals surface area contributed by atoms with Gasteiger partial charge in [-0.2, -0.15) is 0 Å². The Morgan fingerprint density at radius 3 is 2.64 bits per heavy atom. The molecule has 14 heavy (non-hydrogen) atoms. The molecule has 0 unspecified atom stereocenters. The second-order valence-electron chi connectivity index (χ2n) is 3.60. The van der Waals surface area contributed by atoms with Crippen LogP contribution in [-0.4, -0.2) is 49.2 Å². The van der Waals surface area contributed by atoms with Gasteiger partial charge in [0.2, 0.25) is 0 Å². The molecule has 0 spiro atoms. The third kappa shape index (κ3) is 1.92. The molecule has 5 atom stereocenters. The van der Waals surface area contributed by atoms with Crippen LogP contribution in [-0.2, 0) is 18.9 Å². The molecule has 2 fully saturated rings. The van der Waals surface area contributed by atoms with Crippen molar-refractivity contribution in [2.45, 2.75) is 44.7 Å². The molecule has 5 heteroatoms. The normalized spacial score (nSPS) is 48.6. The van der Waals surface area contributed by atoms with Gasteiger partial charge in [0.15, 0.2) is 12.6 Å². The Morgan fingerprint density at radius 2 is 1.93 bits per heavy atom. The third-order valence-electron chi connectivity index (χ3n) is 2.49. The standard InChI is InChI=1S/C9H16O5/c1-5-11-4-8-9(14-5)7(3-10)12-6(2)13-8/h5-10H,3-4H2,1-2H3/t5-,6-,7-,8+,9-/m0/s1. The molecule has 0 amide bonds. The first kappa shape index (κ1) is 10.3. The molecule has 2 aliphatic rings. The van der Waals surface area contributed by atoms with Crippen molar-refractivity contribution in [1.29, 1.82) is 0 Å². The molecular formula is C9H16O5. The van der Waals surface area contributed by atoms with Gasteiger partial charge in [0.05, 0.1) is 13.2 Å². The highest BCUT2D eigenvalue weighted by Crippen LogP contribution is 2.26. The summed E-state index contributed by atoms with van der Waals surface area (Å²) in [6.07, 6.45) is -1.23. The van der Waals surface area contributed by atoms with Crippen LogP contribution in [0.1, 0.15) is 13.8 Å². The van der Waals surface area contributed by atoms with Gasteiger partial charge in [0.1, 0.15) is 18.3 Å². The minimum atomic E-state index is -0.311. The van der Waals surface area contributed by atoms with E-state index in [0.29, 0.717) is 6.61 Å². The summed E-state index contributed by atoms with van der Waals surface area (Å²) >= 11 is 0. The largest absolute Gasteiger partial charge is 0.394 e. The minimum absolute atomic E-state index is 0.0540. The smallest absolute Gasteiger partial charge is 0.156 e. The number of aliphatic hydroxyl groups excluding tert-OH is 1. The van der Waals surface area contributed by atoms with E-state index in [0.717, 1.165) is 0 Å². The lowest BCUT2D eigenvalue weighted by atomic mass is 10.1. The summed E-state index contributed by atoms with van der Waals surface area (Å²) < 4.78 is 21.7. The Hall–Kier alpha value is -0.200. The van der Waals surface area contributed by atoms with E-state index in [1.54, 1.807) is 6.92 Å². The summed E-state index contributed by atoms with van der Waals surface area (Å²) in [6, 6.07) is 0. The van der Waals surface area contributed by atoms with Gasteiger partial charge in [-0.3, -0.25) is 0 Å². The first-order chi connectivity index (χ1) is 6.70. The molecule has 0 aromatic rings. The van der Waals surface area contributed by atoms with Crippen molar-refractivity contribution in [3.05, 3.63) is 0 Å². The highest BCUT2D eigenvalue weighted by atomic mass is 16.8. The molecular weight excluding hydrogens is 188 g/mol. The van der Waals surface area contributed by atoms with Gasteiger partial charge in [-0.25, -0.2) is 0 Å². The molecule has 1 N–H and O–H groups in total. The maximum Gasteiger partial charge on any atom is 0.156 e. The van der Waals surface area contributed by atoms with Gasteiger partial charge < -0.3 is 24.1 Å². The zero-order chi connectivity index (χ0) is 10.1. The second-order valence-corrected chi connectivity index (χ2v) is 3.60. The van der Waals surface area contributed by atoms with E-state index in [9.17, 15) is 0 Å². The third-order valence-corrected chi connectivity index (χ3v) is 2.49. The molecule has 0 saturated carbocycles. The van der Waals surface area contributed by atoms with Gasteiger partial charge in [-0.05, 0) is 13.8 Å². The maximum absolute atomic E-state index is 9.13. The molecule has 0 bridgehead atoms. The van der Waals surface area contributed by atoms with Gasteiger partial charge in [-0.15, -0.1) is 0 Å². The lowest BCUT2D eigenvalue weighted by Gasteiger charge is -2.44. The van der Waals surface area contributed by atoms with Crippen molar-refractivity contribution in [1.82, 2.24) is 0 Å². The monoisotopic (exact) mass is 204 g/mol. The average molecular weight is 204 g/mol. The molecule has 2 aliphatic heterocycles. The Kier molecular flexibility index (Phi) is 3.04. The van der Waals surface area contributed by atoms with Gasteiger partial charge >= 0.3 is 0 Å². The number of aliphatic hydroxyl groups is 1. The van der Waals surface area contributed by atoms with Gasteiger partial charge in [-0.1, -0.05) is 0 Å². The van der Waals surface area contributed by atoms with Crippen LogP contribution in [0.25, 0.3) is 0 Å². The van der Waals surface area contributed by atoms with Gasteiger partial charge in [0, 0.05) is 0 Å². The van der Waals surface area contributed by atoms with Crippen molar-refractivity contribution in [2.75, 3.05) is 13.2 Å². The summed E-state index contributed by atoms with van der Waals surface area (Å²) in [5, 5.41) is 9.13. The van der Waals surface area contributed by atoms with Crippen LogP contribution in [0.15, 0.2) is 0 Å². The highest BCUT2D eigenvalue weighted by Gasteiger charge is 2.42. The summed E-state index contributed by atoms with van der Waals surface area (Å²) in [5.74, 6) is 0. The molecule has 5 nitrogen and oxygen atoms in total. The molecule has 2 saturated heterocycles. The van der Waals surface area contributed by atoms with Crippen LogP contribution < -0.4 is 0 Å². The quantitative estimate of drug-likeness (QED) is 0.644. The van der Waals surface area contributed by atoms with E-state index >= 15 is 0 Å². The molecule has 0 radical (unpaired) electrons. The molecule has 0 aromatic heterocycles. The number of hydrogen-bond acceptors (Lipinski definition) is 5. The SMILES string of the molecule is C[C@H]1OC[C@H]2O[C@@H](C)O[C@@H](CO)[C@@H]2O1. The molecule has 2 rings (SSSR count). The molecule has 0 aromatic carbocycles. The Morgan fingerprint density at radius 1 is 1.14 bits per heavy atom. The first-order valence-electron chi connectivity index (χ1n) is 4.89. The molecule has 2 heterocycles. The zero-order valence-electron chi connectivity index (χ0n) is 8.38. The lowest BCUT2D eigenvalue weighted by molar-refractivity contribution is -0.353. The van der Waals surface area contributed by atoms with Crippen molar-refractivity contribution < 1.29 is 24.1 Å². The molecule has 0 aliphatic carbocycles. The van der Waals surface area contributed by atoms with E-state index in [1.807, 2.05) is 6.92 Å².